The smallest absolute Gasteiger partial charge is 0.339 e. The molecular weight excluding hydrogens is 334 g/mol. The fourth-order valence-electron chi connectivity index (χ4n) is 1.22. The van der Waals surface area contributed by atoms with Crippen LogP contribution in [-0.2, 0) is 9.59 Å². The highest BCUT2D eigenvalue weighted by Crippen LogP contribution is 2.42. The zero-order valence-electron chi connectivity index (χ0n) is 10.2. The summed E-state index contributed by atoms with van der Waals surface area (Å²) < 4.78 is 9.46. The molecule has 0 amide bonds. The Balaban J connectivity index is 0.00000361. The molecule has 1 aromatic rings. The van der Waals surface area contributed by atoms with Gasteiger partial charge in [0.15, 0.2) is 11.5 Å². The van der Waals surface area contributed by atoms with Crippen molar-refractivity contribution in [1.29, 1.82) is 0 Å². The molecule has 9 heteroatoms. The maximum atomic E-state index is 11.0. The zero-order chi connectivity index (χ0) is 14.7. The van der Waals surface area contributed by atoms with Crippen LogP contribution < -0.4 is 9.47 Å². The van der Waals surface area contributed by atoms with E-state index in [2.05, 4.69) is 0 Å². The molecule has 0 aliphatic heterocycles. The van der Waals surface area contributed by atoms with Crippen molar-refractivity contribution in [3.8, 4) is 11.5 Å². The summed E-state index contributed by atoms with van der Waals surface area (Å²) in [7, 11) is 0. The van der Waals surface area contributed by atoms with Crippen LogP contribution in [0.3, 0.4) is 0 Å². The first kappa shape index (κ1) is 18.5. The number of carbonyl (C=O) groups is 3. The fraction of sp³-hybridized carbons (Fsp3) is 0.182. The molecule has 0 bridgehead atoms. The van der Waals surface area contributed by atoms with Crippen LogP contribution in [0.5, 0.6) is 11.5 Å². The minimum absolute atomic E-state index is 0. The van der Waals surface area contributed by atoms with Crippen molar-refractivity contribution < 1.29 is 29.0 Å². The van der Waals surface area contributed by atoms with Crippen molar-refractivity contribution in [3.05, 3.63) is 21.7 Å². The number of aromatic carboxylic acids is 1. The summed E-state index contributed by atoms with van der Waals surface area (Å²) in [6, 6.07) is 0.978. The topological polar surface area (TPSA) is 89.9 Å². The summed E-state index contributed by atoms with van der Waals surface area (Å²) in [4.78, 5) is 32.9. The average molecular weight is 344 g/mol. The van der Waals surface area contributed by atoms with Gasteiger partial charge in [0.1, 0.15) is 10.6 Å². The van der Waals surface area contributed by atoms with E-state index in [1.807, 2.05) is 0 Å². The standard InChI is InChI=1S/C11H8Cl2O6.ClH/c1-4(14)18-9-6(11(16)17)3-7(12)10(8(9)13)19-5(2)15;/h3H,1-2H3,(H,16,17);1H. The van der Waals surface area contributed by atoms with Crippen LogP contribution in [0, 0.1) is 0 Å². The van der Waals surface area contributed by atoms with E-state index in [9.17, 15) is 14.4 Å². The predicted octanol–water partition coefficient (Wildman–Crippen LogP) is 2.96. The number of halogens is 3. The van der Waals surface area contributed by atoms with Gasteiger partial charge in [-0.3, -0.25) is 9.59 Å². The van der Waals surface area contributed by atoms with Gasteiger partial charge in [0, 0.05) is 13.8 Å². The largest absolute Gasteiger partial charge is 0.478 e. The molecule has 0 atom stereocenters. The number of hydrogen-bond donors (Lipinski definition) is 1. The van der Waals surface area contributed by atoms with E-state index >= 15 is 0 Å². The molecule has 0 fully saturated rings. The molecule has 6 nitrogen and oxygen atoms in total. The summed E-state index contributed by atoms with van der Waals surface area (Å²) in [5.41, 5.74) is -0.416. The van der Waals surface area contributed by atoms with Crippen LogP contribution in [0.25, 0.3) is 0 Å². The fourth-order valence-corrected chi connectivity index (χ4v) is 1.79. The van der Waals surface area contributed by atoms with Gasteiger partial charge in [-0.1, -0.05) is 23.2 Å². The monoisotopic (exact) mass is 342 g/mol. The number of hydrogen-bond acceptors (Lipinski definition) is 5. The molecule has 20 heavy (non-hydrogen) atoms. The van der Waals surface area contributed by atoms with Crippen molar-refractivity contribution in [2.24, 2.45) is 0 Å². The molecule has 1 rings (SSSR count). The number of ether oxygens (including phenoxy) is 2. The van der Waals surface area contributed by atoms with Crippen molar-refractivity contribution in [1.82, 2.24) is 0 Å². The van der Waals surface area contributed by atoms with Gasteiger partial charge < -0.3 is 14.6 Å². The Morgan fingerprint density at radius 3 is 1.90 bits per heavy atom. The van der Waals surface area contributed by atoms with Crippen molar-refractivity contribution in [3.63, 3.8) is 0 Å². The minimum Gasteiger partial charge on any atom is -0.478 e. The van der Waals surface area contributed by atoms with Crippen molar-refractivity contribution in [2.45, 2.75) is 13.8 Å². The second kappa shape index (κ2) is 7.33. The molecule has 110 valence electrons. The van der Waals surface area contributed by atoms with Gasteiger partial charge in [-0.25, -0.2) is 4.79 Å². The molecule has 1 N–H and O–H groups in total. The molecule has 0 aliphatic carbocycles. The highest BCUT2D eigenvalue weighted by molar-refractivity contribution is 6.39. The molecule has 0 radical (unpaired) electrons. The normalized spacial score (nSPS) is 9.40. The maximum Gasteiger partial charge on any atom is 0.339 e. The van der Waals surface area contributed by atoms with E-state index in [-0.39, 0.29) is 28.2 Å². The average Bonchev–Trinajstić information content (AvgIpc) is 2.26. The van der Waals surface area contributed by atoms with E-state index in [1.54, 1.807) is 0 Å². The van der Waals surface area contributed by atoms with E-state index in [0.29, 0.717) is 0 Å². The number of carboxylic acid groups (broad SMARTS) is 1. The molecule has 0 saturated carbocycles. The quantitative estimate of drug-likeness (QED) is 0.670. The summed E-state index contributed by atoms with van der Waals surface area (Å²) in [5.74, 6) is -3.57. The van der Waals surface area contributed by atoms with Crippen LogP contribution in [0.15, 0.2) is 6.07 Å². The summed E-state index contributed by atoms with van der Waals surface area (Å²) in [6.07, 6.45) is 0. The van der Waals surface area contributed by atoms with Crippen molar-refractivity contribution >= 4 is 53.5 Å². The molecule has 0 aliphatic rings. The Kier molecular flexibility index (Phi) is 6.78. The number of carbonyl (C=O) groups excluding carboxylic acids is 2. The predicted molar refractivity (Wildman–Crippen MR) is 73.3 cm³/mol. The second-order valence-corrected chi connectivity index (χ2v) is 4.16. The molecule has 0 spiro atoms. The first-order valence-corrected chi connectivity index (χ1v) is 5.61. The molecule has 0 aromatic heterocycles. The van der Waals surface area contributed by atoms with Gasteiger partial charge in [0.05, 0.1) is 5.02 Å². The summed E-state index contributed by atoms with van der Waals surface area (Å²) in [6.45, 7) is 2.19. The van der Waals surface area contributed by atoms with Crippen LogP contribution in [0.1, 0.15) is 24.2 Å². The highest BCUT2D eigenvalue weighted by atomic mass is 35.5. The third kappa shape index (κ3) is 4.26. The van der Waals surface area contributed by atoms with Crippen LogP contribution in [0.4, 0.5) is 0 Å². The third-order valence-corrected chi connectivity index (χ3v) is 2.48. The van der Waals surface area contributed by atoms with E-state index in [1.165, 1.54) is 0 Å². The van der Waals surface area contributed by atoms with Gasteiger partial charge in [0.25, 0.3) is 0 Å². The number of esters is 2. The molecule has 0 unspecified atom stereocenters. The van der Waals surface area contributed by atoms with E-state index < -0.39 is 29.2 Å². The number of carboxylic acids is 1. The zero-order valence-corrected chi connectivity index (χ0v) is 12.6. The van der Waals surface area contributed by atoms with E-state index in [4.69, 9.17) is 37.8 Å². The lowest BCUT2D eigenvalue weighted by molar-refractivity contribution is -0.132. The molecule has 0 heterocycles. The Morgan fingerprint density at radius 2 is 1.50 bits per heavy atom. The van der Waals surface area contributed by atoms with Gasteiger partial charge in [-0.15, -0.1) is 12.4 Å². The Hall–Kier alpha value is -1.50. The Labute approximate surface area is 130 Å². The number of rotatable bonds is 3. The molecular formula is C11H9Cl3O6. The summed E-state index contributed by atoms with van der Waals surface area (Å²) in [5, 5.41) is 8.43. The second-order valence-electron chi connectivity index (χ2n) is 3.37. The Morgan fingerprint density at radius 1 is 1.05 bits per heavy atom. The van der Waals surface area contributed by atoms with Crippen LogP contribution in [-0.4, -0.2) is 23.0 Å². The van der Waals surface area contributed by atoms with Gasteiger partial charge in [-0.2, -0.15) is 0 Å². The van der Waals surface area contributed by atoms with Gasteiger partial charge in [0.2, 0.25) is 0 Å². The summed E-state index contributed by atoms with van der Waals surface area (Å²) >= 11 is 11.6. The third-order valence-electron chi connectivity index (χ3n) is 1.85. The minimum atomic E-state index is -1.39. The molecule has 0 saturated heterocycles. The first-order chi connectivity index (χ1) is 8.73. The SMILES string of the molecule is CC(=O)Oc1c(Cl)cc(C(=O)O)c(OC(C)=O)c1Cl.Cl. The lowest BCUT2D eigenvalue weighted by Gasteiger charge is -2.13. The van der Waals surface area contributed by atoms with Gasteiger partial charge >= 0.3 is 17.9 Å². The highest BCUT2D eigenvalue weighted by Gasteiger charge is 2.24. The van der Waals surface area contributed by atoms with Crippen LogP contribution in [0.2, 0.25) is 10.0 Å². The lowest BCUT2D eigenvalue weighted by atomic mass is 10.2. The van der Waals surface area contributed by atoms with Gasteiger partial charge in [-0.05, 0) is 6.07 Å². The lowest BCUT2D eigenvalue weighted by Crippen LogP contribution is -2.10. The van der Waals surface area contributed by atoms with E-state index in [0.717, 1.165) is 19.9 Å². The Bertz CT molecular complexity index is 570. The maximum absolute atomic E-state index is 11.0. The molecule has 1 aromatic carbocycles. The first-order valence-electron chi connectivity index (χ1n) is 4.86. The van der Waals surface area contributed by atoms with Crippen molar-refractivity contribution in [2.75, 3.05) is 0 Å². The number of benzene rings is 1. The van der Waals surface area contributed by atoms with Crippen LogP contribution >= 0.6 is 35.6 Å².